The maximum atomic E-state index is 12.3. The molecule has 0 fully saturated rings. The van der Waals surface area contributed by atoms with Crippen LogP contribution in [-0.2, 0) is 14.8 Å². The number of nitrogens with zero attached hydrogens (tertiary/aromatic N) is 1. The number of aromatic nitrogens is 1. The van der Waals surface area contributed by atoms with Crippen LogP contribution in [0.15, 0.2) is 46.3 Å². The summed E-state index contributed by atoms with van der Waals surface area (Å²) in [5.74, 6) is -0.326. The van der Waals surface area contributed by atoms with Crippen LogP contribution in [0.5, 0.6) is 0 Å². The molecule has 0 saturated carbocycles. The molecule has 0 unspecified atom stereocenters. The Morgan fingerprint density at radius 1 is 1.31 bits per heavy atom. The van der Waals surface area contributed by atoms with Gasteiger partial charge >= 0.3 is 0 Å². The van der Waals surface area contributed by atoms with Gasteiger partial charge in [0.2, 0.25) is 15.9 Å². The minimum absolute atomic E-state index is 0.146. The molecule has 0 aliphatic heterocycles. The maximum absolute atomic E-state index is 12.3. The standard InChI is InChI=1S/C18H15BrClN3O3S3/c1-11(24)21-13-6-4-12(5-7-13)16-10-27-18(22-16)23-29(25,26)8-2-3-14-9-15(19)17(20)28-14/h2-7,9-10H,8H2,1H3,(H,21,24)(H,22,23). The molecule has 0 radical (unpaired) electrons. The van der Waals surface area contributed by atoms with Gasteiger partial charge in [-0.1, -0.05) is 29.8 Å². The second kappa shape index (κ2) is 9.40. The average molecular weight is 533 g/mol. The minimum Gasteiger partial charge on any atom is -0.326 e. The van der Waals surface area contributed by atoms with Crippen molar-refractivity contribution in [3.05, 3.63) is 55.5 Å². The van der Waals surface area contributed by atoms with Crippen LogP contribution < -0.4 is 10.0 Å². The molecule has 1 amide bonds. The Labute approximate surface area is 189 Å². The van der Waals surface area contributed by atoms with Crippen LogP contribution >= 0.6 is 50.2 Å². The molecule has 0 aliphatic carbocycles. The van der Waals surface area contributed by atoms with Gasteiger partial charge in [-0.15, -0.1) is 22.7 Å². The highest BCUT2D eigenvalue weighted by molar-refractivity contribution is 9.10. The number of carbonyl (C=O) groups excluding carboxylic acids is 1. The molecule has 2 heterocycles. The van der Waals surface area contributed by atoms with Gasteiger partial charge in [0.1, 0.15) is 4.34 Å². The fourth-order valence-corrected chi connectivity index (χ4v) is 5.84. The number of nitrogens with one attached hydrogen (secondary N) is 2. The molecule has 0 atom stereocenters. The number of hydrogen-bond acceptors (Lipinski definition) is 6. The van der Waals surface area contributed by atoms with Gasteiger partial charge in [-0.3, -0.25) is 9.52 Å². The van der Waals surface area contributed by atoms with Crippen molar-refractivity contribution in [1.29, 1.82) is 0 Å². The smallest absolute Gasteiger partial charge is 0.238 e. The fourth-order valence-electron chi connectivity index (χ4n) is 2.29. The number of sulfonamides is 1. The number of thiophene rings is 1. The van der Waals surface area contributed by atoms with E-state index in [0.29, 0.717) is 20.8 Å². The largest absolute Gasteiger partial charge is 0.326 e. The van der Waals surface area contributed by atoms with Crippen molar-refractivity contribution < 1.29 is 13.2 Å². The molecule has 0 spiro atoms. The van der Waals surface area contributed by atoms with Crippen molar-refractivity contribution in [1.82, 2.24) is 4.98 Å². The van der Waals surface area contributed by atoms with Crippen molar-refractivity contribution in [3.8, 4) is 11.3 Å². The molecule has 3 rings (SSSR count). The van der Waals surface area contributed by atoms with E-state index in [9.17, 15) is 13.2 Å². The number of thiazole rings is 1. The van der Waals surface area contributed by atoms with E-state index in [2.05, 4.69) is 31.0 Å². The number of anilines is 2. The normalized spacial score (nSPS) is 11.7. The summed E-state index contributed by atoms with van der Waals surface area (Å²) in [5, 5.41) is 4.75. The summed E-state index contributed by atoms with van der Waals surface area (Å²) in [7, 11) is -3.57. The van der Waals surface area contributed by atoms with Gasteiger partial charge in [0, 0.05) is 32.9 Å². The van der Waals surface area contributed by atoms with Crippen LogP contribution in [0.25, 0.3) is 17.3 Å². The predicted molar refractivity (Wildman–Crippen MR) is 125 cm³/mol. The van der Waals surface area contributed by atoms with Crippen LogP contribution in [-0.4, -0.2) is 25.1 Å². The van der Waals surface area contributed by atoms with E-state index >= 15 is 0 Å². The van der Waals surface area contributed by atoms with Crippen LogP contribution in [0.3, 0.4) is 0 Å². The summed E-state index contributed by atoms with van der Waals surface area (Å²) >= 11 is 11.8. The molecule has 0 saturated heterocycles. The van der Waals surface area contributed by atoms with E-state index in [1.54, 1.807) is 29.7 Å². The Morgan fingerprint density at radius 2 is 2.03 bits per heavy atom. The second-order valence-electron chi connectivity index (χ2n) is 5.85. The number of halogens is 2. The fraction of sp³-hybridized carbons (Fsp3) is 0.111. The first-order valence-corrected chi connectivity index (χ1v) is 12.7. The van der Waals surface area contributed by atoms with Crippen LogP contribution in [0.1, 0.15) is 11.8 Å². The lowest BCUT2D eigenvalue weighted by molar-refractivity contribution is -0.114. The summed E-state index contributed by atoms with van der Waals surface area (Å²) < 4.78 is 28.5. The zero-order valence-corrected chi connectivity index (χ0v) is 19.8. The molecule has 1 aromatic carbocycles. The van der Waals surface area contributed by atoms with E-state index in [-0.39, 0.29) is 11.7 Å². The zero-order valence-electron chi connectivity index (χ0n) is 15.0. The number of hydrogen-bond donors (Lipinski definition) is 2. The molecule has 2 N–H and O–H groups in total. The third kappa shape index (κ3) is 6.38. The van der Waals surface area contributed by atoms with Gasteiger partial charge in [-0.2, -0.15) is 0 Å². The lowest BCUT2D eigenvalue weighted by Crippen LogP contribution is -2.15. The predicted octanol–water partition coefficient (Wildman–Crippen LogP) is 5.70. The maximum Gasteiger partial charge on any atom is 0.238 e. The second-order valence-corrected chi connectivity index (χ2v) is 11.0. The summed E-state index contributed by atoms with van der Waals surface area (Å²) in [6.07, 6.45) is 3.27. The van der Waals surface area contributed by atoms with Crippen molar-refractivity contribution in [3.63, 3.8) is 0 Å². The first-order chi connectivity index (χ1) is 13.7. The van der Waals surface area contributed by atoms with Gasteiger partial charge in [-0.25, -0.2) is 13.4 Å². The SMILES string of the molecule is CC(=O)Nc1ccc(-c2csc(NS(=O)(=O)CC=Cc3cc(Br)c(Cl)s3)n2)cc1. The van der Waals surface area contributed by atoms with Gasteiger partial charge in [0.05, 0.1) is 11.4 Å². The number of rotatable bonds is 7. The third-order valence-corrected chi connectivity index (χ3v) is 7.97. The molecule has 0 aliphatic rings. The van der Waals surface area contributed by atoms with Crippen molar-refractivity contribution in [2.75, 3.05) is 15.8 Å². The highest BCUT2D eigenvalue weighted by atomic mass is 79.9. The topological polar surface area (TPSA) is 88.2 Å². The first-order valence-electron chi connectivity index (χ1n) is 8.17. The van der Waals surface area contributed by atoms with Gasteiger partial charge < -0.3 is 5.32 Å². The quantitative estimate of drug-likeness (QED) is 0.408. The monoisotopic (exact) mass is 531 g/mol. The van der Waals surface area contributed by atoms with E-state index in [1.807, 2.05) is 18.2 Å². The average Bonchev–Trinajstić information content (AvgIpc) is 3.21. The molecular weight excluding hydrogens is 518 g/mol. The molecule has 0 bridgehead atoms. The van der Waals surface area contributed by atoms with Gasteiger partial charge in [0.15, 0.2) is 5.13 Å². The van der Waals surface area contributed by atoms with Crippen molar-refractivity contribution >= 4 is 83.0 Å². The Kier molecular flexibility index (Phi) is 7.12. The zero-order chi connectivity index (χ0) is 21.0. The Bertz CT molecular complexity index is 1140. The number of benzene rings is 1. The van der Waals surface area contributed by atoms with E-state index in [0.717, 1.165) is 14.9 Å². The molecular formula is C18H15BrClN3O3S3. The summed E-state index contributed by atoms with van der Waals surface area (Å²) in [6, 6.07) is 8.98. The van der Waals surface area contributed by atoms with E-state index in [1.165, 1.54) is 29.6 Å². The van der Waals surface area contributed by atoms with Gasteiger partial charge in [0.25, 0.3) is 0 Å². The summed E-state index contributed by atoms with van der Waals surface area (Å²) in [5.41, 5.74) is 2.15. The minimum atomic E-state index is -3.57. The highest BCUT2D eigenvalue weighted by Crippen LogP contribution is 2.32. The lowest BCUT2D eigenvalue weighted by atomic mass is 10.1. The van der Waals surface area contributed by atoms with E-state index in [4.69, 9.17) is 11.6 Å². The van der Waals surface area contributed by atoms with Gasteiger partial charge in [-0.05, 0) is 40.2 Å². The number of amides is 1. The summed E-state index contributed by atoms with van der Waals surface area (Å²) in [6.45, 7) is 1.44. The van der Waals surface area contributed by atoms with Crippen LogP contribution in [0, 0.1) is 0 Å². The molecule has 11 heteroatoms. The highest BCUT2D eigenvalue weighted by Gasteiger charge is 2.12. The third-order valence-electron chi connectivity index (χ3n) is 3.51. The molecule has 29 heavy (non-hydrogen) atoms. The Hall–Kier alpha value is -1.72. The molecule has 3 aromatic rings. The van der Waals surface area contributed by atoms with Crippen LogP contribution in [0.4, 0.5) is 10.8 Å². The number of carbonyl (C=O) groups is 1. The molecule has 2 aromatic heterocycles. The van der Waals surface area contributed by atoms with Crippen molar-refractivity contribution in [2.24, 2.45) is 0 Å². The Balaban J connectivity index is 1.63. The molecule has 6 nitrogen and oxygen atoms in total. The van der Waals surface area contributed by atoms with Crippen molar-refractivity contribution in [2.45, 2.75) is 6.92 Å². The van der Waals surface area contributed by atoms with Crippen LogP contribution in [0.2, 0.25) is 4.34 Å². The summed E-state index contributed by atoms with van der Waals surface area (Å²) in [4.78, 5) is 16.3. The molecule has 152 valence electrons. The lowest BCUT2D eigenvalue weighted by Gasteiger charge is -2.03. The Morgan fingerprint density at radius 3 is 2.66 bits per heavy atom. The van der Waals surface area contributed by atoms with E-state index < -0.39 is 10.0 Å². The first kappa shape index (κ1) is 22.0.